The third-order valence-electron chi connectivity index (χ3n) is 16.3. The number of halogens is 1. The topological polar surface area (TPSA) is 231 Å². The van der Waals surface area contributed by atoms with Crippen LogP contribution in [0.5, 0.6) is 23.3 Å². The fraction of sp³-hybridized carbons (Fsp3) is 0.464. The van der Waals surface area contributed by atoms with Gasteiger partial charge < -0.3 is 34.5 Å². The number of nitrogens with zero attached hydrogens (tertiary/aromatic N) is 7. The van der Waals surface area contributed by atoms with E-state index in [0.717, 1.165) is 76.1 Å². The minimum Gasteiger partial charge on any atom is -0.481 e. The maximum absolute atomic E-state index is 14.9. The fourth-order valence-corrected chi connectivity index (χ4v) is 12.9. The molecule has 1 amide bonds. The van der Waals surface area contributed by atoms with E-state index in [1.165, 1.54) is 35.9 Å². The van der Waals surface area contributed by atoms with Crippen LogP contribution in [0.25, 0.3) is 11.0 Å². The maximum atomic E-state index is 14.9. The van der Waals surface area contributed by atoms with Crippen molar-refractivity contribution in [2.24, 2.45) is 11.3 Å². The lowest BCUT2D eigenvalue weighted by Crippen LogP contribution is -2.65. The maximum Gasteiger partial charge on any atom is 0.312 e. The molecule has 1 unspecified atom stereocenters. The highest BCUT2D eigenvalue weighted by Gasteiger charge is 2.49. The van der Waals surface area contributed by atoms with Crippen molar-refractivity contribution in [1.82, 2.24) is 34.5 Å². The largest absolute Gasteiger partial charge is 0.481 e. The Morgan fingerprint density at radius 3 is 2.47 bits per heavy atom. The number of sulfonamides is 1. The number of piperidine rings is 2. The molecule has 1 aliphatic carbocycles. The van der Waals surface area contributed by atoms with Crippen LogP contribution in [-0.4, -0.2) is 126 Å². The van der Waals surface area contributed by atoms with Gasteiger partial charge in [-0.15, -0.1) is 0 Å². The van der Waals surface area contributed by atoms with Crippen LogP contribution in [0.2, 0.25) is 0 Å². The van der Waals surface area contributed by atoms with Gasteiger partial charge in [0.15, 0.2) is 5.75 Å². The van der Waals surface area contributed by atoms with Crippen molar-refractivity contribution < 1.29 is 41.8 Å². The minimum atomic E-state index is -4.75. The number of pyridine rings is 3. The summed E-state index contributed by atoms with van der Waals surface area (Å²) in [5, 5.41) is 25.7. The number of nitrogens with one attached hydrogen (secondary N) is 3. The monoisotopic (exact) mass is 1070 g/mol. The summed E-state index contributed by atoms with van der Waals surface area (Å²) in [5.74, 6) is -0.444. The van der Waals surface area contributed by atoms with Crippen LogP contribution in [0.4, 0.5) is 21.6 Å². The van der Waals surface area contributed by atoms with Crippen molar-refractivity contribution in [3.8, 4) is 23.3 Å². The van der Waals surface area contributed by atoms with Crippen LogP contribution in [0.15, 0.2) is 90.2 Å². The van der Waals surface area contributed by atoms with Gasteiger partial charge >= 0.3 is 5.69 Å². The molecule has 10 rings (SSSR count). The summed E-state index contributed by atoms with van der Waals surface area (Å²) in [5.41, 5.74) is 3.52. The number of aliphatic hydroxyl groups is 1. The van der Waals surface area contributed by atoms with E-state index in [2.05, 4.69) is 88.9 Å². The van der Waals surface area contributed by atoms with Gasteiger partial charge in [0.2, 0.25) is 11.7 Å². The lowest BCUT2D eigenvalue weighted by molar-refractivity contribution is -0.384. The molecule has 19 nitrogen and oxygen atoms in total. The van der Waals surface area contributed by atoms with Gasteiger partial charge in [0, 0.05) is 107 Å². The van der Waals surface area contributed by atoms with Crippen LogP contribution in [-0.2, 0) is 16.6 Å². The molecular formula is C56H67FN10O9S. The van der Waals surface area contributed by atoms with Crippen LogP contribution < -0.4 is 29.1 Å². The van der Waals surface area contributed by atoms with Crippen LogP contribution >= 0.6 is 0 Å². The summed E-state index contributed by atoms with van der Waals surface area (Å²) in [4.78, 5) is 48.1. The van der Waals surface area contributed by atoms with E-state index >= 15 is 0 Å². The summed E-state index contributed by atoms with van der Waals surface area (Å²) in [6.07, 6.45) is 9.41. The van der Waals surface area contributed by atoms with E-state index in [-0.39, 0.29) is 51.1 Å². The van der Waals surface area contributed by atoms with E-state index < -0.39 is 42.9 Å². The second kappa shape index (κ2) is 21.8. The molecule has 2 aromatic carbocycles. The Balaban J connectivity index is 0.858. The molecule has 3 saturated heterocycles. The first kappa shape index (κ1) is 53.5. The summed E-state index contributed by atoms with van der Waals surface area (Å²) in [7, 11) is -1.73. The molecule has 4 aliphatic rings. The Hall–Kier alpha value is -6.94. The number of carbonyl (C=O) groups is 1. The van der Waals surface area contributed by atoms with E-state index in [4.69, 9.17) is 14.2 Å². The summed E-state index contributed by atoms with van der Waals surface area (Å²) < 4.78 is 62.1. The first-order valence-electron chi connectivity index (χ1n) is 26.4. The van der Waals surface area contributed by atoms with Gasteiger partial charge in [-0.3, -0.25) is 24.7 Å². The number of carbonyl (C=O) groups excluding carboxylic acids is 1. The summed E-state index contributed by atoms with van der Waals surface area (Å²) in [6, 6.07) is 20.5. The molecule has 1 saturated carbocycles. The van der Waals surface area contributed by atoms with Crippen molar-refractivity contribution >= 4 is 44.2 Å². The van der Waals surface area contributed by atoms with Gasteiger partial charge in [-0.1, -0.05) is 38.1 Å². The lowest BCUT2D eigenvalue weighted by atomic mass is 9.69. The zero-order chi connectivity index (χ0) is 54.2. The molecule has 0 radical (unpaired) electrons. The smallest absolute Gasteiger partial charge is 0.312 e. The number of nitro groups is 1. The number of hydrogen-bond donors (Lipinski definition) is 4. The molecule has 7 heterocycles. The highest BCUT2D eigenvalue weighted by Crippen LogP contribution is 2.47. The summed E-state index contributed by atoms with van der Waals surface area (Å²) in [6.45, 7) is 12.8. The van der Waals surface area contributed by atoms with Crippen molar-refractivity contribution in [2.45, 2.75) is 101 Å². The minimum absolute atomic E-state index is 0.0179. The molecule has 3 aliphatic heterocycles. The number of H-pyrrole nitrogens is 1. The summed E-state index contributed by atoms with van der Waals surface area (Å²) >= 11 is 0. The van der Waals surface area contributed by atoms with Crippen molar-refractivity contribution in [3.05, 3.63) is 124 Å². The predicted octanol–water partition coefficient (Wildman–Crippen LogP) is 8.77. The Morgan fingerprint density at radius 1 is 0.974 bits per heavy atom. The molecule has 2 atom stereocenters. The first-order valence-corrected chi connectivity index (χ1v) is 27.9. The normalized spacial score (nSPS) is 21.9. The number of likely N-dealkylation sites (tertiary alicyclic amines) is 2. The Morgan fingerprint density at radius 2 is 1.74 bits per heavy atom. The number of hydrogen-bond acceptors (Lipinski definition) is 16. The quantitative estimate of drug-likeness (QED) is 0.0494. The van der Waals surface area contributed by atoms with Crippen LogP contribution in [0.3, 0.4) is 0 Å². The lowest BCUT2D eigenvalue weighted by Gasteiger charge is -2.59. The molecule has 6 aromatic rings. The number of rotatable bonds is 17. The van der Waals surface area contributed by atoms with Gasteiger partial charge in [0.05, 0.1) is 41.9 Å². The van der Waals surface area contributed by atoms with Crippen molar-refractivity contribution in [2.75, 3.05) is 70.2 Å². The number of ether oxygens (including phenoxy) is 3. The fourth-order valence-electron chi connectivity index (χ4n) is 11.9. The highest BCUT2D eigenvalue weighted by molar-refractivity contribution is 7.90. The van der Waals surface area contributed by atoms with Gasteiger partial charge in [-0.05, 0) is 104 Å². The molecule has 21 heteroatoms. The molecule has 0 bridgehead atoms. The highest BCUT2D eigenvalue weighted by atomic mass is 32.2. The van der Waals surface area contributed by atoms with Gasteiger partial charge in [-0.2, -0.15) is 4.98 Å². The Bertz CT molecular complexity index is 3260. The predicted molar refractivity (Wildman–Crippen MR) is 289 cm³/mol. The molecular weight excluding hydrogens is 1010 g/mol. The van der Waals surface area contributed by atoms with Gasteiger partial charge in [0.25, 0.3) is 21.8 Å². The standard InChI is InChI=1S/C56H67FN10O9S/c1-35(2)40-8-6-7-9-41(40)44-32-64(31-37-14-20-58-50(24-37)74-4)21-15-46(44)66-33-56(34-66)18-22-65(23-19-56)38-10-11-42(48(25-38)76-49-27-43-45(57)30-61-51(43)62-54(49)75-5)53(68)63-77(72,73)39-26-47(67(70)71)52(60-29-39)59-28-36-12-16-55(3,69)17-13-36/h6-11,14,20,24-27,29-30,35-36,44,46,69H,12-13,15-19,21-23,28,31-34H2,1-5H3,(H,59,60)(H,61,62)(H,63,68)/t36?,44-,46?,55?/m0/s1. The van der Waals surface area contributed by atoms with Gasteiger partial charge in [-0.25, -0.2) is 27.5 Å². The zero-order valence-corrected chi connectivity index (χ0v) is 44.9. The van der Waals surface area contributed by atoms with E-state index in [0.29, 0.717) is 69.1 Å². The van der Waals surface area contributed by atoms with E-state index in [1.807, 2.05) is 12.3 Å². The average Bonchev–Trinajstić information content (AvgIpc) is 3.82. The molecule has 4 aromatic heterocycles. The number of benzene rings is 2. The number of fused-ring (bicyclic) bond motifs is 1. The SMILES string of the molecule is COc1cc(CN2CCC(N3CC4(CCN(c5ccc(C(=O)NS(=O)(=O)c6cnc(NCC7CCC(C)(O)CC7)c([N+](=O)[O-])c6)c(Oc6cc7c(F)c[nH]c7nc6OC)c5)CC4)C3)[C@H](c3ccccc3C(C)C)C2)ccn1. The average molecular weight is 1080 g/mol. The number of anilines is 2. The zero-order valence-electron chi connectivity index (χ0n) is 44.1. The second-order valence-corrected chi connectivity index (χ2v) is 23.6. The number of aromatic amines is 1. The number of amides is 1. The van der Waals surface area contributed by atoms with Crippen molar-refractivity contribution in [1.29, 1.82) is 0 Å². The van der Waals surface area contributed by atoms with Crippen LogP contribution in [0, 0.1) is 27.3 Å². The van der Waals surface area contributed by atoms with Crippen molar-refractivity contribution in [3.63, 3.8) is 0 Å². The third-order valence-corrected chi connectivity index (χ3v) is 17.6. The molecule has 4 fully saturated rings. The van der Waals surface area contributed by atoms with Crippen LogP contribution in [0.1, 0.15) is 105 Å². The third kappa shape index (κ3) is 11.5. The molecule has 1 spiro atoms. The second-order valence-electron chi connectivity index (χ2n) is 21.9. The molecule has 4 N–H and O–H groups in total. The first-order chi connectivity index (χ1) is 36.9. The molecule has 408 valence electrons. The molecule has 77 heavy (non-hydrogen) atoms. The Kier molecular flexibility index (Phi) is 15.2. The van der Waals surface area contributed by atoms with E-state index in [1.54, 1.807) is 26.2 Å². The number of aromatic nitrogens is 4. The number of methoxy groups -OCH3 is 2. The van der Waals surface area contributed by atoms with E-state index in [9.17, 15) is 32.8 Å². The van der Waals surface area contributed by atoms with Gasteiger partial charge in [0.1, 0.15) is 22.1 Å². The Labute approximate surface area is 447 Å².